The number of fused-ring (bicyclic) bond motifs is 4. The Labute approximate surface area is 319 Å². The molecule has 0 saturated carbocycles. The Kier molecular flexibility index (Phi) is 8.09. The van der Waals surface area contributed by atoms with Crippen LogP contribution in [-0.4, -0.2) is 0 Å². The van der Waals surface area contributed by atoms with Crippen molar-refractivity contribution in [1.29, 1.82) is 0 Å². The van der Waals surface area contributed by atoms with Gasteiger partial charge < -0.3 is 4.90 Å². The fourth-order valence-electron chi connectivity index (χ4n) is 7.67. The summed E-state index contributed by atoms with van der Waals surface area (Å²) >= 11 is 1.88. The van der Waals surface area contributed by atoms with E-state index in [9.17, 15) is 0 Å². The van der Waals surface area contributed by atoms with Crippen molar-refractivity contribution in [2.75, 3.05) is 4.90 Å². The Morgan fingerprint density at radius 2 is 0.759 bits per heavy atom. The third-order valence-corrected chi connectivity index (χ3v) is 11.7. The molecule has 1 heterocycles. The van der Waals surface area contributed by atoms with E-state index in [2.05, 4.69) is 217 Å². The summed E-state index contributed by atoms with van der Waals surface area (Å²) in [6, 6.07) is 77.0. The maximum absolute atomic E-state index is 2.36. The Morgan fingerprint density at radius 1 is 0.296 bits per heavy atom. The first-order chi connectivity index (χ1) is 26.7. The summed E-state index contributed by atoms with van der Waals surface area (Å²) in [7, 11) is 0. The number of benzene rings is 9. The lowest BCUT2D eigenvalue weighted by Gasteiger charge is -2.26. The topological polar surface area (TPSA) is 3.24 Å². The molecule has 0 fully saturated rings. The first-order valence-electron chi connectivity index (χ1n) is 18.4. The van der Waals surface area contributed by atoms with E-state index in [1.165, 1.54) is 75.5 Å². The van der Waals surface area contributed by atoms with Gasteiger partial charge >= 0.3 is 0 Å². The fourth-order valence-corrected chi connectivity index (χ4v) is 8.91. The van der Waals surface area contributed by atoms with Gasteiger partial charge in [0.15, 0.2) is 0 Å². The number of rotatable bonds is 7. The molecule has 0 spiro atoms. The Morgan fingerprint density at radius 3 is 1.41 bits per heavy atom. The van der Waals surface area contributed by atoms with Crippen LogP contribution in [0.1, 0.15) is 0 Å². The monoisotopic (exact) mass is 705 g/mol. The van der Waals surface area contributed by atoms with Gasteiger partial charge in [-0.1, -0.05) is 164 Å². The van der Waals surface area contributed by atoms with E-state index in [0.717, 1.165) is 17.1 Å². The van der Waals surface area contributed by atoms with Crippen LogP contribution < -0.4 is 4.90 Å². The van der Waals surface area contributed by atoms with Crippen molar-refractivity contribution in [2.24, 2.45) is 0 Å². The highest BCUT2D eigenvalue weighted by Gasteiger charge is 2.15. The van der Waals surface area contributed by atoms with E-state index in [0.29, 0.717) is 0 Å². The summed E-state index contributed by atoms with van der Waals surface area (Å²) in [5.41, 5.74) is 13.1. The van der Waals surface area contributed by atoms with Crippen molar-refractivity contribution in [1.82, 2.24) is 0 Å². The van der Waals surface area contributed by atoms with Crippen molar-refractivity contribution >= 4 is 59.3 Å². The molecule has 0 atom stereocenters. The lowest BCUT2D eigenvalue weighted by Crippen LogP contribution is -2.09. The van der Waals surface area contributed by atoms with Crippen LogP contribution in [0.3, 0.4) is 0 Å². The van der Waals surface area contributed by atoms with Crippen molar-refractivity contribution in [3.05, 3.63) is 212 Å². The van der Waals surface area contributed by atoms with Crippen LogP contribution in [0.15, 0.2) is 212 Å². The number of thiophene rings is 1. The quantitative estimate of drug-likeness (QED) is 0.160. The largest absolute Gasteiger partial charge is 0.311 e. The van der Waals surface area contributed by atoms with Gasteiger partial charge in [0.1, 0.15) is 0 Å². The van der Waals surface area contributed by atoms with Crippen molar-refractivity contribution in [3.8, 4) is 44.5 Å². The molecular weight excluding hydrogens is 671 g/mol. The Bertz CT molecular complexity index is 2890. The second kappa shape index (κ2) is 13.7. The van der Waals surface area contributed by atoms with E-state index in [-0.39, 0.29) is 0 Å². The summed E-state index contributed by atoms with van der Waals surface area (Å²) in [4.78, 5) is 2.36. The smallest absolute Gasteiger partial charge is 0.0462 e. The molecule has 1 aromatic heterocycles. The van der Waals surface area contributed by atoms with Gasteiger partial charge in [0, 0.05) is 37.2 Å². The minimum absolute atomic E-state index is 1.11. The molecule has 0 N–H and O–H groups in total. The number of hydrogen-bond donors (Lipinski definition) is 0. The summed E-state index contributed by atoms with van der Waals surface area (Å²) in [5.74, 6) is 0. The molecule has 0 radical (unpaired) electrons. The van der Waals surface area contributed by atoms with E-state index in [1.807, 2.05) is 11.3 Å². The van der Waals surface area contributed by atoms with Gasteiger partial charge in [0.05, 0.1) is 0 Å². The minimum Gasteiger partial charge on any atom is -0.311 e. The van der Waals surface area contributed by atoms with Crippen molar-refractivity contribution in [3.63, 3.8) is 0 Å². The highest BCUT2D eigenvalue weighted by atomic mass is 32.1. The highest BCUT2D eigenvalue weighted by Crippen LogP contribution is 2.42. The second-order valence-corrected chi connectivity index (χ2v) is 14.8. The highest BCUT2D eigenvalue weighted by molar-refractivity contribution is 7.26. The molecule has 0 saturated heterocycles. The summed E-state index contributed by atoms with van der Waals surface area (Å²) in [5, 5.41) is 5.15. The molecule has 0 aliphatic heterocycles. The second-order valence-electron chi connectivity index (χ2n) is 13.8. The molecule has 2 heteroatoms. The van der Waals surface area contributed by atoms with E-state index < -0.39 is 0 Å². The molecule has 0 amide bonds. The molecular formula is C52H35NS. The third kappa shape index (κ3) is 5.93. The molecule has 54 heavy (non-hydrogen) atoms. The Balaban J connectivity index is 1.01. The number of nitrogens with zero attached hydrogens (tertiary/aromatic N) is 1. The molecule has 0 aliphatic carbocycles. The molecule has 9 aromatic carbocycles. The van der Waals surface area contributed by atoms with E-state index in [1.54, 1.807) is 0 Å². The van der Waals surface area contributed by atoms with Gasteiger partial charge in [-0.2, -0.15) is 0 Å². The van der Waals surface area contributed by atoms with E-state index in [4.69, 9.17) is 0 Å². The summed E-state index contributed by atoms with van der Waals surface area (Å²) in [6.07, 6.45) is 0. The average Bonchev–Trinajstić information content (AvgIpc) is 3.64. The normalized spacial score (nSPS) is 11.3. The van der Waals surface area contributed by atoms with Crippen LogP contribution in [0.2, 0.25) is 0 Å². The first kappa shape index (κ1) is 32.0. The first-order valence-corrected chi connectivity index (χ1v) is 19.2. The van der Waals surface area contributed by atoms with Gasteiger partial charge in [-0.05, 0) is 104 Å². The summed E-state index contributed by atoms with van der Waals surface area (Å²) in [6.45, 7) is 0. The zero-order chi connectivity index (χ0) is 35.8. The predicted molar refractivity (Wildman–Crippen MR) is 233 cm³/mol. The Hall–Kier alpha value is -6.74. The van der Waals surface area contributed by atoms with Gasteiger partial charge in [-0.25, -0.2) is 0 Å². The van der Waals surface area contributed by atoms with Crippen LogP contribution in [-0.2, 0) is 0 Å². The molecule has 0 unspecified atom stereocenters. The lowest BCUT2D eigenvalue weighted by molar-refractivity contribution is 1.28. The molecule has 10 aromatic rings. The molecule has 1 nitrogen and oxygen atoms in total. The van der Waals surface area contributed by atoms with Crippen molar-refractivity contribution in [2.45, 2.75) is 0 Å². The SMILES string of the molecule is c1ccc(-c2ccc(-c3ccc(N(c4ccc(-c5ccc6ccccc6c5)cc4)c4ccc(-c5cccc6c5sc5ccccc56)cc4)cc3)cc2)cc1. The standard InChI is InChI=1S/C52H35NS/c1-2-9-36(10-3-1)38-17-19-39(20-18-38)40-23-29-45(30-24-40)53(46-31-25-41(26-32-46)44-22-21-37-11-4-5-12-43(37)35-44)47-33-27-42(28-34-47)48-14-8-15-50-49-13-6-7-16-51(49)54-52(48)50/h1-35H. The fraction of sp³-hybridized carbons (Fsp3) is 0. The predicted octanol–water partition coefficient (Wildman–Crippen LogP) is 15.3. The lowest BCUT2D eigenvalue weighted by atomic mass is 9.99. The zero-order valence-corrected chi connectivity index (χ0v) is 30.4. The molecule has 0 aliphatic rings. The van der Waals surface area contributed by atoms with Gasteiger partial charge in [-0.3, -0.25) is 0 Å². The molecule has 254 valence electrons. The maximum Gasteiger partial charge on any atom is 0.0462 e. The average molecular weight is 706 g/mol. The number of hydrogen-bond acceptors (Lipinski definition) is 2. The van der Waals surface area contributed by atoms with Crippen LogP contribution in [0.4, 0.5) is 17.1 Å². The van der Waals surface area contributed by atoms with Gasteiger partial charge in [0.25, 0.3) is 0 Å². The van der Waals surface area contributed by atoms with Crippen LogP contribution in [0.25, 0.3) is 75.5 Å². The maximum atomic E-state index is 2.36. The van der Waals surface area contributed by atoms with Crippen LogP contribution in [0.5, 0.6) is 0 Å². The zero-order valence-electron chi connectivity index (χ0n) is 29.6. The van der Waals surface area contributed by atoms with Crippen LogP contribution >= 0.6 is 11.3 Å². The van der Waals surface area contributed by atoms with E-state index >= 15 is 0 Å². The minimum atomic E-state index is 1.11. The number of anilines is 3. The van der Waals surface area contributed by atoms with Gasteiger partial charge in [-0.15, -0.1) is 11.3 Å². The van der Waals surface area contributed by atoms with Crippen molar-refractivity contribution < 1.29 is 0 Å². The molecule has 10 rings (SSSR count). The molecule has 0 bridgehead atoms. The van der Waals surface area contributed by atoms with Gasteiger partial charge in [0.2, 0.25) is 0 Å². The van der Waals surface area contributed by atoms with Crippen LogP contribution in [0, 0.1) is 0 Å². The summed E-state index contributed by atoms with van der Waals surface area (Å²) < 4.78 is 2.66. The third-order valence-electron chi connectivity index (χ3n) is 10.5.